The summed E-state index contributed by atoms with van der Waals surface area (Å²) in [4.78, 5) is 11.6. The molecule has 0 aliphatic carbocycles. The first-order chi connectivity index (χ1) is 13.1. The molecule has 0 saturated heterocycles. The number of carbonyl (C=O) groups excluding carboxylic acids is 1. The number of hydrogen-bond donors (Lipinski definition) is 2. The maximum Gasteiger partial charge on any atom is 0.350 e. The van der Waals surface area contributed by atoms with Gasteiger partial charge in [0.2, 0.25) is 6.10 Å². The number of nitrogens with one attached hydrogen (secondary N) is 1. The molecular weight excluding hydrogens is 346 g/mol. The standard InChI is InChI=1S/C21H25NO5/c1-14(22-12-17(23)16-6-4-3-5-7-16)10-15-8-9-18-19(11-15)26-13-20(27-18)21(24)25-2/h3-9,11,14,17,20,22-23H,10,12-13H2,1-2H3/t14?,17-,20?/m1/s1. The van der Waals surface area contributed by atoms with E-state index in [1.165, 1.54) is 7.11 Å². The van der Waals surface area contributed by atoms with Crippen LogP contribution in [0.4, 0.5) is 0 Å². The van der Waals surface area contributed by atoms with Gasteiger partial charge in [-0.05, 0) is 36.6 Å². The number of rotatable bonds is 7. The molecule has 0 bridgehead atoms. The van der Waals surface area contributed by atoms with Gasteiger partial charge in [0.1, 0.15) is 6.61 Å². The third-order valence-corrected chi connectivity index (χ3v) is 4.52. The number of ether oxygens (including phenoxy) is 3. The highest BCUT2D eigenvalue weighted by Gasteiger charge is 2.28. The van der Waals surface area contributed by atoms with Crippen molar-refractivity contribution in [3.05, 3.63) is 59.7 Å². The van der Waals surface area contributed by atoms with Crippen molar-refractivity contribution >= 4 is 5.97 Å². The van der Waals surface area contributed by atoms with Crippen LogP contribution in [0.2, 0.25) is 0 Å². The van der Waals surface area contributed by atoms with Crippen LogP contribution in [0.1, 0.15) is 24.2 Å². The molecule has 6 nitrogen and oxygen atoms in total. The Labute approximate surface area is 159 Å². The van der Waals surface area contributed by atoms with E-state index in [1.807, 2.05) is 48.5 Å². The molecule has 0 fully saturated rings. The second kappa shape index (κ2) is 8.88. The fourth-order valence-electron chi connectivity index (χ4n) is 3.02. The maximum atomic E-state index is 11.6. The molecule has 0 amide bonds. The van der Waals surface area contributed by atoms with E-state index in [0.29, 0.717) is 18.0 Å². The number of hydrogen-bond acceptors (Lipinski definition) is 6. The van der Waals surface area contributed by atoms with E-state index in [2.05, 4.69) is 17.0 Å². The lowest BCUT2D eigenvalue weighted by Crippen LogP contribution is -2.37. The quantitative estimate of drug-likeness (QED) is 0.727. The van der Waals surface area contributed by atoms with E-state index < -0.39 is 18.2 Å². The Hall–Kier alpha value is -2.57. The molecule has 2 aromatic carbocycles. The molecular formula is C21H25NO5. The van der Waals surface area contributed by atoms with Crippen LogP contribution >= 0.6 is 0 Å². The lowest BCUT2D eigenvalue weighted by atomic mass is 10.0. The number of benzene rings is 2. The van der Waals surface area contributed by atoms with Crippen molar-refractivity contribution in [1.29, 1.82) is 0 Å². The van der Waals surface area contributed by atoms with Gasteiger partial charge < -0.3 is 24.6 Å². The topological polar surface area (TPSA) is 77.0 Å². The van der Waals surface area contributed by atoms with Crippen LogP contribution in [-0.2, 0) is 16.0 Å². The number of methoxy groups -OCH3 is 1. The van der Waals surface area contributed by atoms with Gasteiger partial charge in [-0.15, -0.1) is 0 Å². The normalized spacial score (nSPS) is 17.8. The maximum absolute atomic E-state index is 11.6. The van der Waals surface area contributed by atoms with Gasteiger partial charge in [-0.3, -0.25) is 0 Å². The Morgan fingerprint density at radius 3 is 2.78 bits per heavy atom. The van der Waals surface area contributed by atoms with Crippen LogP contribution in [0, 0.1) is 0 Å². The zero-order valence-corrected chi connectivity index (χ0v) is 15.6. The smallest absolute Gasteiger partial charge is 0.350 e. The summed E-state index contributed by atoms with van der Waals surface area (Å²) in [6.45, 7) is 2.69. The van der Waals surface area contributed by atoms with Gasteiger partial charge in [0, 0.05) is 12.6 Å². The summed E-state index contributed by atoms with van der Waals surface area (Å²) in [6, 6.07) is 15.5. The molecule has 144 valence electrons. The first-order valence-electron chi connectivity index (χ1n) is 9.03. The van der Waals surface area contributed by atoms with Gasteiger partial charge in [0.15, 0.2) is 11.5 Å². The summed E-state index contributed by atoms with van der Waals surface area (Å²) in [5.74, 6) is 0.726. The largest absolute Gasteiger partial charge is 0.485 e. The SMILES string of the molecule is COC(=O)C1COc2cc(CC(C)NC[C@@H](O)c3ccccc3)ccc2O1. The Balaban J connectivity index is 1.53. The van der Waals surface area contributed by atoms with Crippen LogP contribution in [-0.4, -0.2) is 43.5 Å². The number of aliphatic hydroxyl groups is 1. The molecule has 2 aromatic rings. The molecule has 0 radical (unpaired) electrons. The zero-order chi connectivity index (χ0) is 19.2. The second-order valence-corrected chi connectivity index (χ2v) is 6.66. The van der Waals surface area contributed by atoms with Crippen LogP contribution in [0.5, 0.6) is 11.5 Å². The monoisotopic (exact) mass is 371 g/mol. The van der Waals surface area contributed by atoms with Crippen molar-refractivity contribution < 1.29 is 24.1 Å². The van der Waals surface area contributed by atoms with Crippen molar-refractivity contribution in [3.63, 3.8) is 0 Å². The Bertz CT molecular complexity index is 764. The van der Waals surface area contributed by atoms with Crippen molar-refractivity contribution in [2.45, 2.75) is 31.6 Å². The van der Waals surface area contributed by atoms with E-state index in [1.54, 1.807) is 0 Å². The van der Waals surface area contributed by atoms with Gasteiger partial charge in [-0.25, -0.2) is 4.79 Å². The molecule has 3 rings (SSSR count). The molecule has 1 aliphatic rings. The van der Waals surface area contributed by atoms with Crippen LogP contribution in [0.25, 0.3) is 0 Å². The predicted molar refractivity (Wildman–Crippen MR) is 101 cm³/mol. The average Bonchev–Trinajstić information content (AvgIpc) is 2.71. The zero-order valence-electron chi connectivity index (χ0n) is 15.6. The van der Waals surface area contributed by atoms with Crippen molar-refractivity contribution in [2.75, 3.05) is 20.3 Å². The van der Waals surface area contributed by atoms with Crippen LogP contribution in [0.3, 0.4) is 0 Å². The Morgan fingerprint density at radius 2 is 2.04 bits per heavy atom. The minimum Gasteiger partial charge on any atom is -0.485 e. The minimum absolute atomic E-state index is 0.139. The van der Waals surface area contributed by atoms with Crippen molar-refractivity contribution in [1.82, 2.24) is 5.32 Å². The fourth-order valence-corrected chi connectivity index (χ4v) is 3.02. The summed E-state index contributed by atoms with van der Waals surface area (Å²) in [6.07, 6.45) is -0.490. The Morgan fingerprint density at radius 1 is 1.26 bits per heavy atom. The van der Waals surface area contributed by atoms with E-state index in [0.717, 1.165) is 17.5 Å². The summed E-state index contributed by atoms with van der Waals surface area (Å²) in [7, 11) is 1.33. The number of carbonyl (C=O) groups is 1. The third-order valence-electron chi connectivity index (χ3n) is 4.52. The summed E-state index contributed by atoms with van der Waals surface area (Å²) in [5, 5.41) is 13.6. The van der Waals surface area contributed by atoms with E-state index in [4.69, 9.17) is 9.47 Å². The number of esters is 1. The highest BCUT2D eigenvalue weighted by atomic mass is 16.6. The lowest BCUT2D eigenvalue weighted by Gasteiger charge is -2.25. The molecule has 3 atom stereocenters. The summed E-state index contributed by atoms with van der Waals surface area (Å²) < 4.78 is 16.0. The highest BCUT2D eigenvalue weighted by molar-refractivity contribution is 5.75. The third kappa shape index (κ3) is 4.99. The molecule has 27 heavy (non-hydrogen) atoms. The van der Waals surface area contributed by atoms with Crippen LogP contribution < -0.4 is 14.8 Å². The second-order valence-electron chi connectivity index (χ2n) is 6.66. The molecule has 1 aliphatic heterocycles. The molecule has 6 heteroatoms. The van der Waals surface area contributed by atoms with Gasteiger partial charge >= 0.3 is 5.97 Å². The summed E-state index contributed by atoms with van der Waals surface area (Å²) in [5.41, 5.74) is 1.99. The molecule has 0 saturated carbocycles. The highest BCUT2D eigenvalue weighted by Crippen LogP contribution is 2.33. The molecule has 0 aromatic heterocycles. The van der Waals surface area contributed by atoms with E-state index in [9.17, 15) is 9.90 Å². The van der Waals surface area contributed by atoms with E-state index in [-0.39, 0.29) is 12.6 Å². The average molecular weight is 371 g/mol. The summed E-state index contributed by atoms with van der Waals surface area (Å²) >= 11 is 0. The first kappa shape index (κ1) is 19.2. The van der Waals surface area contributed by atoms with Crippen molar-refractivity contribution in [3.8, 4) is 11.5 Å². The predicted octanol–water partition coefficient (Wildman–Crippen LogP) is 2.25. The van der Waals surface area contributed by atoms with Gasteiger partial charge in [-0.1, -0.05) is 36.4 Å². The Kier molecular flexibility index (Phi) is 6.32. The molecule has 1 heterocycles. The number of aliphatic hydroxyl groups excluding tert-OH is 1. The van der Waals surface area contributed by atoms with Gasteiger partial charge in [0.05, 0.1) is 13.2 Å². The minimum atomic E-state index is -0.728. The molecule has 2 unspecified atom stereocenters. The molecule has 2 N–H and O–H groups in total. The van der Waals surface area contributed by atoms with E-state index >= 15 is 0 Å². The van der Waals surface area contributed by atoms with Crippen LogP contribution in [0.15, 0.2) is 48.5 Å². The lowest BCUT2D eigenvalue weighted by molar-refractivity contribution is -0.151. The first-order valence-corrected chi connectivity index (χ1v) is 9.03. The van der Waals surface area contributed by atoms with Gasteiger partial charge in [0.25, 0.3) is 0 Å². The van der Waals surface area contributed by atoms with Gasteiger partial charge in [-0.2, -0.15) is 0 Å². The number of fused-ring (bicyclic) bond motifs is 1. The molecule has 0 spiro atoms. The fraction of sp³-hybridized carbons (Fsp3) is 0.381. The van der Waals surface area contributed by atoms with Crippen molar-refractivity contribution in [2.24, 2.45) is 0 Å².